The van der Waals surface area contributed by atoms with E-state index in [1.54, 1.807) is 0 Å². The molecule has 0 spiro atoms. The molecule has 0 nitrogen and oxygen atoms in total. The fraction of sp³-hybridized carbons (Fsp3) is 0.0667. The molecule has 0 bridgehead atoms. The molecule has 0 saturated carbocycles. The van der Waals surface area contributed by atoms with E-state index in [0.29, 0.717) is 0 Å². The number of hydrogen-bond donors (Lipinski definition) is 2. The van der Waals surface area contributed by atoms with E-state index in [1.807, 2.05) is 36.4 Å². The van der Waals surface area contributed by atoms with Gasteiger partial charge in [-0.1, -0.05) is 60.2 Å². The Bertz CT molecular complexity index is 542. The van der Waals surface area contributed by atoms with Crippen LogP contribution in [0.3, 0.4) is 0 Å². The molecule has 0 fully saturated rings. The molecule has 0 saturated heterocycles. The van der Waals surface area contributed by atoms with Gasteiger partial charge in [0.1, 0.15) is 0 Å². The van der Waals surface area contributed by atoms with Gasteiger partial charge in [-0.15, -0.1) is 25.3 Å². The topological polar surface area (TPSA) is 0 Å². The van der Waals surface area contributed by atoms with Gasteiger partial charge < -0.3 is 0 Å². The van der Waals surface area contributed by atoms with Crippen molar-refractivity contribution in [2.75, 3.05) is 0 Å². The Morgan fingerprint density at radius 2 is 1.35 bits per heavy atom. The van der Waals surface area contributed by atoms with E-state index in [0.717, 1.165) is 20.9 Å². The number of aryl methyl sites for hydroxylation is 1. The highest BCUT2D eigenvalue weighted by Crippen LogP contribution is 2.31. The lowest BCUT2D eigenvalue weighted by molar-refractivity contribution is 1.46. The molecule has 2 rings (SSSR count). The van der Waals surface area contributed by atoms with Gasteiger partial charge in [0.25, 0.3) is 0 Å². The van der Waals surface area contributed by atoms with Crippen molar-refractivity contribution in [2.45, 2.75) is 6.92 Å². The summed E-state index contributed by atoms with van der Waals surface area (Å²) in [6, 6.07) is 18.3. The molecule has 2 aromatic carbocycles. The molecule has 0 amide bonds. The molecule has 0 N–H and O–H groups in total. The van der Waals surface area contributed by atoms with Crippen molar-refractivity contribution in [3.05, 3.63) is 71.3 Å². The average Bonchev–Trinajstić information content (AvgIpc) is 2.38. The third-order valence-electron chi connectivity index (χ3n) is 2.56. The summed E-state index contributed by atoms with van der Waals surface area (Å²) < 4.78 is 0. The van der Waals surface area contributed by atoms with E-state index in [4.69, 9.17) is 0 Å². The van der Waals surface area contributed by atoms with E-state index in [9.17, 15) is 0 Å². The molecule has 2 heteroatoms. The lowest BCUT2D eigenvalue weighted by atomic mass is 10.1. The molecule has 0 heterocycles. The molecular weight excluding hydrogens is 244 g/mol. The van der Waals surface area contributed by atoms with Gasteiger partial charge in [0, 0.05) is 9.81 Å². The van der Waals surface area contributed by atoms with Crippen LogP contribution in [0, 0.1) is 6.92 Å². The van der Waals surface area contributed by atoms with E-state index < -0.39 is 0 Å². The summed E-state index contributed by atoms with van der Waals surface area (Å²) in [4.78, 5) is 1.81. The summed E-state index contributed by atoms with van der Waals surface area (Å²) in [5.41, 5.74) is 3.41. The Hall–Kier alpha value is -1.12. The van der Waals surface area contributed by atoms with Crippen molar-refractivity contribution < 1.29 is 0 Å². The van der Waals surface area contributed by atoms with Gasteiger partial charge in [0.2, 0.25) is 0 Å². The van der Waals surface area contributed by atoms with E-state index in [2.05, 4.69) is 50.4 Å². The van der Waals surface area contributed by atoms with Crippen LogP contribution in [-0.2, 0) is 0 Å². The van der Waals surface area contributed by atoms with Gasteiger partial charge in [0.15, 0.2) is 0 Å². The molecule has 2 aromatic rings. The van der Waals surface area contributed by atoms with E-state index >= 15 is 0 Å². The number of benzene rings is 2. The van der Waals surface area contributed by atoms with Gasteiger partial charge in [0.05, 0.1) is 0 Å². The Morgan fingerprint density at radius 3 is 2.00 bits per heavy atom. The van der Waals surface area contributed by atoms with Crippen molar-refractivity contribution in [1.82, 2.24) is 0 Å². The van der Waals surface area contributed by atoms with Crippen LogP contribution in [0.4, 0.5) is 0 Å². The summed E-state index contributed by atoms with van der Waals surface area (Å²) in [6.45, 7) is 2.07. The minimum atomic E-state index is 0.902. The van der Waals surface area contributed by atoms with Crippen LogP contribution in [0.2, 0.25) is 0 Å². The minimum Gasteiger partial charge on any atom is -0.142 e. The quantitative estimate of drug-likeness (QED) is 0.567. The van der Waals surface area contributed by atoms with Crippen LogP contribution >= 0.6 is 25.3 Å². The first-order valence-corrected chi connectivity index (χ1v) is 6.32. The van der Waals surface area contributed by atoms with Gasteiger partial charge in [-0.2, -0.15) is 0 Å². The zero-order valence-electron chi connectivity index (χ0n) is 9.59. The number of hydrogen-bond acceptors (Lipinski definition) is 2. The summed E-state index contributed by atoms with van der Waals surface area (Å²) in [7, 11) is 0. The summed E-state index contributed by atoms with van der Waals surface area (Å²) in [6.07, 6.45) is 0. The van der Waals surface area contributed by atoms with Crippen LogP contribution in [-0.4, -0.2) is 0 Å². The second-order valence-electron chi connectivity index (χ2n) is 3.93. The molecule has 0 aliphatic rings. The molecule has 0 aromatic heterocycles. The third kappa shape index (κ3) is 2.96. The summed E-state index contributed by atoms with van der Waals surface area (Å²) in [5, 5.41) is 0. The van der Waals surface area contributed by atoms with Crippen molar-refractivity contribution in [2.24, 2.45) is 0 Å². The van der Waals surface area contributed by atoms with Crippen molar-refractivity contribution in [3.8, 4) is 0 Å². The van der Waals surface area contributed by atoms with Gasteiger partial charge >= 0.3 is 0 Å². The molecule has 0 atom stereocenters. The second-order valence-corrected chi connectivity index (χ2v) is 4.83. The lowest BCUT2D eigenvalue weighted by Crippen LogP contribution is -1.83. The Labute approximate surface area is 113 Å². The predicted octanol–water partition coefficient (Wildman–Crippen LogP) is 4.68. The fourth-order valence-electron chi connectivity index (χ4n) is 1.66. The highest BCUT2D eigenvalue weighted by molar-refractivity contribution is 7.96. The lowest BCUT2D eigenvalue weighted by Gasteiger charge is -2.07. The molecule has 0 aliphatic carbocycles. The van der Waals surface area contributed by atoms with Crippen molar-refractivity contribution in [3.63, 3.8) is 0 Å². The first kappa shape index (κ1) is 12.3. The maximum absolute atomic E-state index is 4.58. The maximum atomic E-state index is 4.58. The van der Waals surface area contributed by atoms with E-state index in [1.165, 1.54) is 5.56 Å². The van der Waals surface area contributed by atoms with Crippen molar-refractivity contribution in [1.29, 1.82) is 0 Å². The molecule has 17 heavy (non-hydrogen) atoms. The smallest absolute Gasteiger partial charge is 0.0253 e. The molecule has 86 valence electrons. The first-order valence-electron chi connectivity index (χ1n) is 5.43. The van der Waals surface area contributed by atoms with Crippen molar-refractivity contribution >= 4 is 35.1 Å². The molecule has 0 aliphatic heterocycles. The summed E-state index contributed by atoms with van der Waals surface area (Å²) in [5.74, 6) is 0. The van der Waals surface area contributed by atoms with Gasteiger partial charge in [-0.3, -0.25) is 0 Å². The highest BCUT2D eigenvalue weighted by Gasteiger charge is 2.04. The number of rotatable bonds is 2. The Balaban J connectivity index is 2.45. The predicted molar refractivity (Wildman–Crippen MR) is 82.4 cm³/mol. The zero-order valence-corrected chi connectivity index (χ0v) is 11.4. The average molecular weight is 258 g/mol. The second kappa shape index (κ2) is 5.48. The largest absolute Gasteiger partial charge is 0.142 e. The normalized spacial score (nSPS) is 12.2. The third-order valence-corrected chi connectivity index (χ3v) is 3.70. The SMILES string of the molecule is Cc1cccc(/C(S)=C(/S)c2ccccc2)c1. The summed E-state index contributed by atoms with van der Waals surface area (Å²) >= 11 is 9.14. The van der Waals surface area contributed by atoms with Crippen LogP contribution in [0.5, 0.6) is 0 Å². The van der Waals surface area contributed by atoms with Crippen LogP contribution in [0.1, 0.15) is 16.7 Å². The molecule has 0 unspecified atom stereocenters. The maximum Gasteiger partial charge on any atom is 0.0253 e. The van der Waals surface area contributed by atoms with Gasteiger partial charge in [-0.25, -0.2) is 0 Å². The van der Waals surface area contributed by atoms with Crippen LogP contribution in [0.15, 0.2) is 54.6 Å². The Kier molecular flexibility index (Phi) is 3.97. The fourth-order valence-corrected chi connectivity index (χ4v) is 2.21. The standard InChI is InChI=1S/C15H14S2/c1-11-6-5-9-13(10-11)15(17)14(16)12-7-3-2-4-8-12/h2-10,16-17H,1H3/b15-14-. The highest BCUT2D eigenvalue weighted by atomic mass is 32.1. The zero-order chi connectivity index (χ0) is 12.3. The number of thiol groups is 2. The van der Waals surface area contributed by atoms with E-state index in [-0.39, 0.29) is 0 Å². The Morgan fingerprint density at radius 1 is 0.765 bits per heavy atom. The molecule has 0 radical (unpaired) electrons. The minimum absolute atomic E-state index is 0.902. The monoisotopic (exact) mass is 258 g/mol. The molecular formula is C15H14S2. The van der Waals surface area contributed by atoms with Crippen LogP contribution in [0.25, 0.3) is 9.81 Å². The van der Waals surface area contributed by atoms with Gasteiger partial charge in [-0.05, 0) is 18.1 Å². The first-order chi connectivity index (χ1) is 8.18. The van der Waals surface area contributed by atoms with Crippen LogP contribution < -0.4 is 0 Å².